The molecule has 1 aliphatic rings. The zero-order valence-electron chi connectivity index (χ0n) is 13.6. The van der Waals surface area contributed by atoms with Gasteiger partial charge in [-0.05, 0) is 27.2 Å². The number of piperidine rings is 1. The molecule has 1 amide bonds. The first-order chi connectivity index (χ1) is 8.94. The molecule has 0 aromatic carbocycles. The molecule has 0 unspecified atom stereocenters. The van der Waals surface area contributed by atoms with E-state index in [1.807, 2.05) is 48.7 Å². The molecule has 1 rings (SSSR count). The smallest absolute Gasteiger partial charge is 0.414 e. The fraction of sp³-hybridized carbons (Fsp3) is 0.733. The molecule has 1 aliphatic heterocycles. The summed E-state index contributed by atoms with van der Waals surface area (Å²) in [5.41, 5.74) is -0.614. The van der Waals surface area contributed by atoms with Crippen molar-refractivity contribution in [3.63, 3.8) is 0 Å². The average molecular weight is 282 g/mol. The summed E-state index contributed by atoms with van der Waals surface area (Å²) in [6.07, 6.45) is 1.86. The predicted molar refractivity (Wildman–Crippen MR) is 78.1 cm³/mol. The van der Waals surface area contributed by atoms with Crippen LogP contribution in [0.4, 0.5) is 4.79 Å². The monoisotopic (exact) mass is 282 g/mol. The van der Waals surface area contributed by atoms with Crippen LogP contribution in [0.3, 0.4) is 0 Å². The van der Waals surface area contributed by atoms with Crippen molar-refractivity contribution in [1.82, 2.24) is 9.80 Å². The summed E-state index contributed by atoms with van der Waals surface area (Å²) >= 11 is 0. The van der Waals surface area contributed by atoms with Gasteiger partial charge in [0.2, 0.25) is 0 Å². The van der Waals surface area contributed by atoms with Crippen molar-refractivity contribution in [3.8, 4) is 0 Å². The fourth-order valence-electron chi connectivity index (χ4n) is 1.97. The lowest BCUT2D eigenvalue weighted by molar-refractivity contribution is -0.127. The Kier molecular flexibility index (Phi) is 4.52. The highest BCUT2D eigenvalue weighted by Gasteiger charge is 2.41. The molecular formula is C15H26N2O3. The number of nitrogens with zero attached hydrogens (tertiary/aromatic N) is 2. The Balaban J connectivity index is 3.06. The molecule has 0 aliphatic carbocycles. The first-order valence-corrected chi connectivity index (χ1v) is 6.87. The third-order valence-corrected chi connectivity index (χ3v) is 3.09. The van der Waals surface area contributed by atoms with Crippen LogP contribution in [-0.2, 0) is 9.53 Å². The summed E-state index contributed by atoms with van der Waals surface area (Å²) in [6, 6.07) is 0. The van der Waals surface area contributed by atoms with Gasteiger partial charge in [-0.3, -0.25) is 9.69 Å². The van der Waals surface area contributed by atoms with Crippen LogP contribution in [0.1, 0.15) is 41.0 Å². The maximum atomic E-state index is 12.5. The Morgan fingerprint density at radius 2 is 1.90 bits per heavy atom. The zero-order chi connectivity index (χ0) is 15.7. The molecule has 1 heterocycles. The minimum absolute atomic E-state index is 0.0247. The molecule has 5 nitrogen and oxygen atoms in total. The molecule has 0 radical (unpaired) electrons. The molecule has 0 bridgehead atoms. The number of Topliss-reactive ketones (excluding diaryl/α,β-unsaturated/α-hetero) is 1. The van der Waals surface area contributed by atoms with E-state index < -0.39 is 17.1 Å². The van der Waals surface area contributed by atoms with Crippen LogP contribution in [0.15, 0.2) is 11.9 Å². The van der Waals surface area contributed by atoms with Gasteiger partial charge in [-0.2, -0.15) is 0 Å². The molecule has 0 spiro atoms. The molecule has 0 aromatic heterocycles. The largest absolute Gasteiger partial charge is 0.443 e. The number of hydrogen-bond acceptors (Lipinski definition) is 4. The lowest BCUT2D eigenvalue weighted by Gasteiger charge is -2.38. The van der Waals surface area contributed by atoms with Gasteiger partial charge < -0.3 is 9.64 Å². The summed E-state index contributed by atoms with van der Waals surface area (Å²) in [5, 5.41) is 0. The minimum Gasteiger partial charge on any atom is -0.443 e. The summed E-state index contributed by atoms with van der Waals surface area (Å²) in [4.78, 5) is 28.0. The van der Waals surface area contributed by atoms with Crippen LogP contribution in [-0.4, -0.2) is 47.9 Å². The second kappa shape index (κ2) is 5.46. The van der Waals surface area contributed by atoms with Crippen LogP contribution >= 0.6 is 0 Å². The van der Waals surface area contributed by atoms with Crippen LogP contribution < -0.4 is 0 Å². The van der Waals surface area contributed by atoms with Crippen molar-refractivity contribution in [2.24, 2.45) is 5.41 Å². The number of amides is 1. The van der Waals surface area contributed by atoms with Gasteiger partial charge >= 0.3 is 6.09 Å². The highest BCUT2D eigenvalue weighted by atomic mass is 16.6. The number of rotatable bonds is 1. The lowest BCUT2D eigenvalue weighted by Crippen LogP contribution is -2.48. The predicted octanol–water partition coefficient (Wildman–Crippen LogP) is 2.63. The topological polar surface area (TPSA) is 49.9 Å². The van der Waals surface area contributed by atoms with Gasteiger partial charge in [-0.1, -0.05) is 13.8 Å². The van der Waals surface area contributed by atoms with E-state index in [-0.39, 0.29) is 5.78 Å². The number of ether oxygens (including phenoxy) is 1. The number of carbonyl (C=O) groups is 2. The lowest BCUT2D eigenvalue weighted by atomic mass is 9.80. The van der Waals surface area contributed by atoms with E-state index >= 15 is 0 Å². The Bertz CT molecular complexity index is 431. The van der Waals surface area contributed by atoms with Gasteiger partial charge in [0.25, 0.3) is 0 Å². The van der Waals surface area contributed by atoms with E-state index in [1.54, 1.807) is 11.1 Å². The van der Waals surface area contributed by atoms with E-state index in [0.29, 0.717) is 18.7 Å². The van der Waals surface area contributed by atoms with Gasteiger partial charge in [-0.25, -0.2) is 4.79 Å². The summed E-state index contributed by atoms with van der Waals surface area (Å²) in [5.74, 6) is -0.0247. The fourth-order valence-corrected chi connectivity index (χ4v) is 1.97. The number of carbonyl (C=O) groups excluding carboxylic acids is 2. The van der Waals surface area contributed by atoms with Crippen LogP contribution in [0.2, 0.25) is 0 Å². The van der Waals surface area contributed by atoms with Crippen molar-refractivity contribution in [2.45, 2.75) is 46.6 Å². The standard InChI is InChI=1S/C15H26N2O3/c1-14(2,3)20-13(19)17-9-8-15(4,5)12(18)11(17)10-16(6)7/h10H,8-9H2,1-7H3/b11-10-. The molecule has 20 heavy (non-hydrogen) atoms. The molecule has 0 aromatic rings. The summed E-state index contributed by atoms with van der Waals surface area (Å²) in [6.45, 7) is 9.76. The molecule has 114 valence electrons. The van der Waals surface area contributed by atoms with Crippen LogP contribution in [0.5, 0.6) is 0 Å². The highest BCUT2D eigenvalue weighted by molar-refractivity contribution is 6.02. The third kappa shape index (κ3) is 3.99. The van der Waals surface area contributed by atoms with Crippen molar-refractivity contribution in [2.75, 3.05) is 20.6 Å². The molecule has 1 saturated heterocycles. The van der Waals surface area contributed by atoms with Crippen LogP contribution in [0, 0.1) is 5.41 Å². The number of hydrogen-bond donors (Lipinski definition) is 0. The highest BCUT2D eigenvalue weighted by Crippen LogP contribution is 2.33. The SMILES string of the molecule is CN(C)/C=C1/C(=O)C(C)(C)CCN1C(=O)OC(C)(C)C. The molecule has 1 fully saturated rings. The second-order valence-corrected chi connectivity index (χ2v) is 7.07. The minimum atomic E-state index is -0.573. The van der Waals surface area contributed by atoms with Gasteiger partial charge in [0.1, 0.15) is 11.3 Å². The molecular weight excluding hydrogens is 256 g/mol. The van der Waals surface area contributed by atoms with E-state index in [4.69, 9.17) is 4.74 Å². The first kappa shape index (κ1) is 16.5. The Hall–Kier alpha value is -1.52. The Morgan fingerprint density at radius 1 is 1.35 bits per heavy atom. The Morgan fingerprint density at radius 3 is 2.35 bits per heavy atom. The van der Waals surface area contributed by atoms with Crippen molar-refractivity contribution >= 4 is 11.9 Å². The summed E-state index contributed by atoms with van der Waals surface area (Å²) in [7, 11) is 3.66. The maximum absolute atomic E-state index is 12.5. The van der Waals surface area contributed by atoms with Crippen LogP contribution in [0.25, 0.3) is 0 Å². The molecule has 5 heteroatoms. The summed E-state index contributed by atoms with van der Waals surface area (Å²) < 4.78 is 5.38. The van der Waals surface area contributed by atoms with E-state index in [1.165, 1.54) is 4.90 Å². The zero-order valence-corrected chi connectivity index (χ0v) is 13.6. The maximum Gasteiger partial charge on any atom is 0.414 e. The second-order valence-electron chi connectivity index (χ2n) is 7.07. The third-order valence-electron chi connectivity index (χ3n) is 3.09. The van der Waals surface area contributed by atoms with Gasteiger partial charge in [0.05, 0.1) is 0 Å². The Labute approximate surface area is 121 Å². The van der Waals surface area contributed by atoms with E-state index in [9.17, 15) is 9.59 Å². The van der Waals surface area contributed by atoms with Crippen molar-refractivity contribution < 1.29 is 14.3 Å². The number of allylic oxidation sites excluding steroid dienone is 1. The number of likely N-dealkylation sites (tertiary alicyclic amines) is 1. The van der Waals surface area contributed by atoms with Gasteiger partial charge in [0, 0.05) is 32.3 Å². The van der Waals surface area contributed by atoms with Crippen molar-refractivity contribution in [1.29, 1.82) is 0 Å². The normalized spacial score (nSPS) is 21.1. The van der Waals surface area contributed by atoms with Crippen molar-refractivity contribution in [3.05, 3.63) is 11.9 Å². The number of ketones is 1. The van der Waals surface area contributed by atoms with E-state index in [2.05, 4.69) is 0 Å². The quantitative estimate of drug-likeness (QED) is 0.694. The molecule has 0 saturated carbocycles. The molecule has 0 N–H and O–H groups in total. The van der Waals surface area contributed by atoms with Gasteiger partial charge in [-0.15, -0.1) is 0 Å². The van der Waals surface area contributed by atoms with Gasteiger partial charge in [0.15, 0.2) is 5.78 Å². The average Bonchev–Trinajstić information content (AvgIpc) is 2.21. The van der Waals surface area contributed by atoms with E-state index in [0.717, 1.165) is 0 Å². The first-order valence-electron chi connectivity index (χ1n) is 6.87. The molecule has 0 atom stereocenters.